The largest absolute Gasteiger partial charge is 0.339 e. The van der Waals surface area contributed by atoms with Crippen LogP contribution in [-0.4, -0.2) is 54.3 Å². The number of rotatable bonds is 3. The van der Waals surface area contributed by atoms with Gasteiger partial charge in [0.2, 0.25) is 11.8 Å². The maximum Gasteiger partial charge on any atom is 0.225 e. The molecule has 0 spiro atoms. The van der Waals surface area contributed by atoms with Gasteiger partial charge in [0.25, 0.3) is 0 Å². The van der Waals surface area contributed by atoms with Gasteiger partial charge >= 0.3 is 0 Å². The summed E-state index contributed by atoms with van der Waals surface area (Å²) in [6.07, 6.45) is 2.51. The Hall–Kier alpha value is -1.10. The lowest BCUT2D eigenvalue weighted by molar-refractivity contribution is -0.140. The first kappa shape index (κ1) is 11.4. The van der Waals surface area contributed by atoms with Crippen molar-refractivity contribution >= 4 is 11.8 Å². The topological polar surface area (TPSA) is 66.6 Å². The summed E-state index contributed by atoms with van der Waals surface area (Å²) < 4.78 is 0. The van der Waals surface area contributed by atoms with E-state index in [0.29, 0.717) is 39.1 Å². The molecule has 0 aromatic rings. The number of nitrogens with zero attached hydrogens (tertiary/aromatic N) is 2. The summed E-state index contributed by atoms with van der Waals surface area (Å²) in [5.41, 5.74) is 5.35. The third-order valence-corrected chi connectivity index (χ3v) is 3.23. The molecule has 1 aliphatic heterocycles. The number of amides is 2. The van der Waals surface area contributed by atoms with Gasteiger partial charge in [-0.3, -0.25) is 9.59 Å². The van der Waals surface area contributed by atoms with Gasteiger partial charge in [0.1, 0.15) is 0 Å². The number of piperazine rings is 1. The minimum absolute atomic E-state index is 0.112. The summed E-state index contributed by atoms with van der Waals surface area (Å²) in [4.78, 5) is 27.0. The van der Waals surface area contributed by atoms with E-state index in [1.54, 1.807) is 0 Å². The maximum atomic E-state index is 11.8. The molecule has 1 heterocycles. The summed E-state index contributed by atoms with van der Waals surface area (Å²) in [5, 5.41) is 0. The second kappa shape index (κ2) is 4.82. The van der Waals surface area contributed by atoms with E-state index in [2.05, 4.69) is 0 Å². The van der Waals surface area contributed by atoms with E-state index in [9.17, 15) is 9.59 Å². The molecule has 5 heteroatoms. The van der Waals surface area contributed by atoms with E-state index in [0.717, 1.165) is 12.8 Å². The van der Waals surface area contributed by atoms with Crippen LogP contribution >= 0.6 is 0 Å². The molecule has 1 saturated heterocycles. The zero-order valence-corrected chi connectivity index (χ0v) is 9.52. The van der Waals surface area contributed by atoms with Crippen molar-refractivity contribution < 1.29 is 9.59 Å². The predicted molar refractivity (Wildman–Crippen MR) is 59.6 cm³/mol. The fourth-order valence-corrected chi connectivity index (χ4v) is 2.05. The van der Waals surface area contributed by atoms with Crippen LogP contribution in [0.15, 0.2) is 0 Å². The Morgan fingerprint density at radius 3 is 2.12 bits per heavy atom. The van der Waals surface area contributed by atoms with Crippen molar-refractivity contribution in [1.82, 2.24) is 9.80 Å². The highest BCUT2D eigenvalue weighted by atomic mass is 16.2. The Bertz CT molecular complexity index is 281. The van der Waals surface area contributed by atoms with Crippen LogP contribution in [0.4, 0.5) is 0 Å². The van der Waals surface area contributed by atoms with E-state index in [4.69, 9.17) is 5.73 Å². The van der Waals surface area contributed by atoms with Crippen molar-refractivity contribution in [3.05, 3.63) is 0 Å². The van der Waals surface area contributed by atoms with Crippen LogP contribution in [-0.2, 0) is 9.59 Å². The molecule has 2 amide bonds. The Kier molecular flexibility index (Phi) is 3.43. The third-order valence-electron chi connectivity index (χ3n) is 3.23. The molecule has 2 rings (SSSR count). The summed E-state index contributed by atoms with van der Waals surface area (Å²) in [6, 6.07) is 0. The summed E-state index contributed by atoms with van der Waals surface area (Å²) in [7, 11) is 0. The highest BCUT2D eigenvalue weighted by molar-refractivity contribution is 5.81. The molecule has 2 fully saturated rings. The van der Waals surface area contributed by atoms with Gasteiger partial charge in [-0.1, -0.05) is 0 Å². The first-order valence-corrected chi connectivity index (χ1v) is 5.99. The molecule has 2 aliphatic rings. The lowest BCUT2D eigenvalue weighted by atomic mass is 10.2. The van der Waals surface area contributed by atoms with Crippen molar-refractivity contribution in [3.8, 4) is 0 Å². The Morgan fingerprint density at radius 2 is 1.62 bits per heavy atom. The molecule has 1 aliphatic carbocycles. The number of hydrogen-bond donors (Lipinski definition) is 1. The summed E-state index contributed by atoms with van der Waals surface area (Å²) in [6.45, 7) is 3.10. The zero-order chi connectivity index (χ0) is 11.5. The fraction of sp³-hybridized carbons (Fsp3) is 0.818. The van der Waals surface area contributed by atoms with Crippen LogP contribution in [0.2, 0.25) is 0 Å². The quantitative estimate of drug-likeness (QED) is 0.698. The molecule has 1 saturated carbocycles. The molecule has 0 aromatic carbocycles. The van der Waals surface area contributed by atoms with E-state index in [1.807, 2.05) is 9.80 Å². The zero-order valence-electron chi connectivity index (χ0n) is 9.52. The average Bonchev–Trinajstić information content (AvgIpc) is 3.12. The van der Waals surface area contributed by atoms with Gasteiger partial charge < -0.3 is 15.5 Å². The second-order valence-corrected chi connectivity index (χ2v) is 4.52. The average molecular weight is 225 g/mol. The van der Waals surface area contributed by atoms with Crippen LogP contribution < -0.4 is 5.73 Å². The maximum absolute atomic E-state index is 11.8. The first-order chi connectivity index (χ1) is 7.72. The molecular weight excluding hydrogens is 206 g/mol. The molecule has 90 valence electrons. The first-order valence-electron chi connectivity index (χ1n) is 5.99. The van der Waals surface area contributed by atoms with Crippen molar-refractivity contribution in [3.63, 3.8) is 0 Å². The van der Waals surface area contributed by atoms with E-state index >= 15 is 0 Å². The van der Waals surface area contributed by atoms with Gasteiger partial charge in [0, 0.05) is 45.1 Å². The normalized spacial score (nSPS) is 21.1. The van der Waals surface area contributed by atoms with Crippen molar-refractivity contribution in [1.29, 1.82) is 0 Å². The molecule has 2 N–H and O–H groups in total. The molecule has 0 bridgehead atoms. The minimum Gasteiger partial charge on any atom is -0.339 e. The van der Waals surface area contributed by atoms with Gasteiger partial charge in [0.05, 0.1) is 0 Å². The van der Waals surface area contributed by atoms with Crippen molar-refractivity contribution in [2.24, 2.45) is 11.7 Å². The van der Waals surface area contributed by atoms with Gasteiger partial charge in [-0.15, -0.1) is 0 Å². The van der Waals surface area contributed by atoms with Crippen molar-refractivity contribution in [2.45, 2.75) is 19.3 Å². The molecule has 0 unspecified atom stereocenters. The lowest BCUT2D eigenvalue weighted by Crippen LogP contribution is -2.51. The van der Waals surface area contributed by atoms with Crippen molar-refractivity contribution in [2.75, 3.05) is 32.7 Å². The summed E-state index contributed by atoms with van der Waals surface area (Å²) in [5.74, 6) is 0.679. The third kappa shape index (κ3) is 2.52. The Balaban J connectivity index is 1.77. The molecule has 5 nitrogen and oxygen atoms in total. The van der Waals surface area contributed by atoms with E-state index < -0.39 is 0 Å². The van der Waals surface area contributed by atoms with Crippen LogP contribution in [0.1, 0.15) is 19.3 Å². The Labute approximate surface area is 95.6 Å². The van der Waals surface area contributed by atoms with Gasteiger partial charge in [-0.2, -0.15) is 0 Å². The molecule has 0 atom stereocenters. The number of carbonyl (C=O) groups is 2. The Morgan fingerprint density at radius 1 is 1.06 bits per heavy atom. The van der Waals surface area contributed by atoms with Gasteiger partial charge in [0.15, 0.2) is 0 Å². The monoisotopic (exact) mass is 225 g/mol. The molecule has 0 radical (unpaired) electrons. The highest BCUT2D eigenvalue weighted by Crippen LogP contribution is 2.31. The highest BCUT2D eigenvalue weighted by Gasteiger charge is 2.34. The molecule has 0 aromatic heterocycles. The smallest absolute Gasteiger partial charge is 0.225 e. The van der Waals surface area contributed by atoms with Crippen LogP contribution in [0.25, 0.3) is 0 Å². The van der Waals surface area contributed by atoms with Gasteiger partial charge in [-0.25, -0.2) is 0 Å². The lowest BCUT2D eigenvalue weighted by Gasteiger charge is -2.34. The second-order valence-electron chi connectivity index (χ2n) is 4.52. The predicted octanol–water partition coefficient (Wildman–Crippen LogP) is -0.584. The SMILES string of the molecule is NCCC(=O)N1CCN(C(=O)C2CC2)CC1. The van der Waals surface area contributed by atoms with Gasteiger partial charge in [-0.05, 0) is 12.8 Å². The fourth-order valence-electron chi connectivity index (χ4n) is 2.05. The number of nitrogens with two attached hydrogens (primary N) is 1. The van der Waals surface area contributed by atoms with E-state index in [1.165, 1.54) is 0 Å². The number of carbonyl (C=O) groups excluding carboxylic acids is 2. The number of hydrogen-bond acceptors (Lipinski definition) is 3. The standard InChI is InChI=1S/C11H19N3O2/c12-4-3-10(15)13-5-7-14(8-6-13)11(16)9-1-2-9/h9H,1-8,12H2. The van der Waals surface area contributed by atoms with Crippen LogP contribution in [0.3, 0.4) is 0 Å². The van der Waals surface area contributed by atoms with Crippen LogP contribution in [0, 0.1) is 5.92 Å². The molecular formula is C11H19N3O2. The summed E-state index contributed by atoms with van der Waals surface area (Å²) >= 11 is 0. The minimum atomic E-state index is 0.112. The molecule has 16 heavy (non-hydrogen) atoms. The van der Waals surface area contributed by atoms with E-state index in [-0.39, 0.29) is 17.7 Å². The van der Waals surface area contributed by atoms with Crippen LogP contribution in [0.5, 0.6) is 0 Å².